The number of nitrogens with zero attached hydrogens (tertiary/aromatic N) is 1. The SMILES string of the molecule is Cc1ccc(Cl)c(Cc2ccc(-c3ccc(F)c(C#N)c3)s2)c1. The molecule has 0 N–H and O–H groups in total. The van der Waals surface area contributed by atoms with Crippen LogP contribution in [-0.2, 0) is 6.42 Å². The smallest absolute Gasteiger partial charge is 0.140 e. The van der Waals surface area contributed by atoms with E-state index in [1.807, 2.05) is 37.3 Å². The van der Waals surface area contributed by atoms with Gasteiger partial charge in [-0.3, -0.25) is 0 Å². The van der Waals surface area contributed by atoms with E-state index in [2.05, 4.69) is 6.07 Å². The van der Waals surface area contributed by atoms with Crippen LogP contribution in [0.1, 0.15) is 21.6 Å². The minimum atomic E-state index is -0.487. The third-order valence-corrected chi connectivity index (χ3v) is 5.10. The maximum absolute atomic E-state index is 13.4. The molecule has 4 heteroatoms. The first-order valence-electron chi connectivity index (χ1n) is 7.10. The van der Waals surface area contributed by atoms with Crippen molar-refractivity contribution in [2.24, 2.45) is 0 Å². The Kier molecular flexibility index (Phi) is 4.47. The molecule has 2 aromatic carbocycles. The highest BCUT2D eigenvalue weighted by Gasteiger charge is 2.09. The van der Waals surface area contributed by atoms with Crippen molar-refractivity contribution in [3.05, 3.63) is 80.9 Å². The average Bonchev–Trinajstić information content (AvgIpc) is 3.00. The second-order valence-corrected chi connectivity index (χ2v) is 6.92. The zero-order chi connectivity index (χ0) is 16.4. The summed E-state index contributed by atoms with van der Waals surface area (Å²) in [5.41, 5.74) is 3.20. The number of rotatable bonds is 3. The Bertz CT molecular complexity index is 908. The monoisotopic (exact) mass is 341 g/mol. The highest BCUT2D eigenvalue weighted by atomic mass is 35.5. The fourth-order valence-electron chi connectivity index (χ4n) is 2.42. The molecule has 0 aliphatic carbocycles. The Morgan fingerprint density at radius 2 is 1.96 bits per heavy atom. The van der Waals surface area contributed by atoms with Crippen LogP contribution in [-0.4, -0.2) is 0 Å². The Morgan fingerprint density at radius 3 is 2.74 bits per heavy atom. The van der Waals surface area contributed by atoms with Crippen LogP contribution in [0.15, 0.2) is 48.5 Å². The number of nitriles is 1. The topological polar surface area (TPSA) is 23.8 Å². The van der Waals surface area contributed by atoms with Gasteiger partial charge in [0.05, 0.1) is 5.56 Å². The average molecular weight is 342 g/mol. The minimum Gasteiger partial charge on any atom is -0.206 e. The van der Waals surface area contributed by atoms with Gasteiger partial charge in [0.1, 0.15) is 11.9 Å². The highest BCUT2D eigenvalue weighted by Crippen LogP contribution is 2.31. The number of hydrogen-bond donors (Lipinski definition) is 0. The fraction of sp³-hybridized carbons (Fsp3) is 0.105. The molecule has 1 aromatic heterocycles. The van der Waals surface area contributed by atoms with E-state index in [9.17, 15) is 4.39 Å². The van der Waals surface area contributed by atoms with Crippen molar-refractivity contribution < 1.29 is 4.39 Å². The number of thiophene rings is 1. The van der Waals surface area contributed by atoms with Gasteiger partial charge in [0.25, 0.3) is 0 Å². The standard InChI is InChI=1S/C19H13ClFNS/c1-12-2-5-17(20)14(8-12)10-16-4-7-19(23-16)13-3-6-18(21)15(9-13)11-22/h2-9H,10H2,1H3. The van der Waals surface area contributed by atoms with E-state index in [1.165, 1.54) is 16.5 Å². The molecule has 0 saturated carbocycles. The lowest BCUT2D eigenvalue weighted by Crippen LogP contribution is -1.87. The summed E-state index contributed by atoms with van der Waals surface area (Å²) >= 11 is 7.88. The lowest BCUT2D eigenvalue weighted by Gasteiger charge is -2.04. The molecule has 0 fully saturated rings. The van der Waals surface area contributed by atoms with Crippen molar-refractivity contribution in [1.29, 1.82) is 5.26 Å². The molecule has 1 nitrogen and oxygen atoms in total. The molecule has 0 bridgehead atoms. The van der Waals surface area contributed by atoms with E-state index in [-0.39, 0.29) is 5.56 Å². The number of hydrogen-bond acceptors (Lipinski definition) is 2. The summed E-state index contributed by atoms with van der Waals surface area (Å²) in [6.45, 7) is 2.04. The minimum absolute atomic E-state index is 0.0687. The van der Waals surface area contributed by atoms with Gasteiger partial charge >= 0.3 is 0 Å². The number of benzene rings is 2. The van der Waals surface area contributed by atoms with Crippen LogP contribution in [0.4, 0.5) is 4.39 Å². The molecule has 114 valence electrons. The Balaban J connectivity index is 1.89. The van der Waals surface area contributed by atoms with Crippen LogP contribution in [0, 0.1) is 24.1 Å². The molecule has 3 rings (SSSR count). The van der Waals surface area contributed by atoms with Crippen molar-refractivity contribution in [2.45, 2.75) is 13.3 Å². The summed E-state index contributed by atoms with van der Waals surface area (Å²) < 4.78 is 13.4. The van der Waals surface area contributed by atoms with Crippen LogP contribution in [0.25, 0.3) is 10.4 Å². The van der Waals surface area contributed by atoms with Gasteiger partial charge in [0, 0.05) is 21.2 Å². The normalized spacial score (nSPS) is 10.5. The summed E-state index contributed by atoms with van der Waals surface area (Å²) in [7, 11) is 0. The van der Waals surface area contributed by atoms with E-state index in [0.717, 1.165) is 27.4 Å². The lowest BCUT2D eigenvalue weighted by atomic mass is 10.1. The zero-order valence-corrected chi connectivity index (χ0v) is 14.0. The first-order valence-corrected chi connectivity index (χ1v) is 8.30. The molecule has 0 unspecified atom stereocenters. The summed E-state index contributed by atoms with van der Waals surface area (Å²) in [4.78, 5) is 2.19. The molecule has 0 atom stereocenters. The second-order valence-electron chi connectivity index (χ2n) is 5.34. The van der Waals surface area contributed by atoms with Crippen LogP contribution in [0.2, 0.25) is 5.02 Å². The van der Waals surface area contributed by atoms with Crippen LogP contribution in [0.5, 0.6) is 0 Å². The maximum Gasteiger partial charge on any atom is 0.140 e. The van der Waals surface area contributed by atoms with Gasteiger partial charge in [-0.1, -0.05) is 35.4 Å². The van der Waals surface area contributed by atoms with E-state index < -0.39 is 5.82 Å². The molecule has 3 aromatic rings. The maximum atomic E-state index is 13.4. The van der Waals surface area contributed by atoms with Gasteiger partial charge in [-0.25, -0.2) is 4.39 Å². The van der Waals surface area contributed by atoms with Crippen LogP contribution in [0.3, 0.4) is 0 Å². The number of halogens is 2. The van der Waals surface area contributed by atoms with Crippen LogP contribution < -0.4 is 0 Å². The van der Waals surface area contributed by atoms with Gasteiger partial charge in [0.15, 0.2) is 0 Å². The first kappa shape index (κ1) is 15.7. The van der Waals surface area contributed by atoms with Gasteiger partial charge in [-0.15, -0.1) is 11.3 Å². The predicted octanol–water partition coefficient (Wildman–Crippen LogP) is 5.98. The van der Waals surface area contributed by atoms with Crippen molar-refractivity contribution in [3.63, 3.8) is 0 Å². The van der Waals surface area contributed by atoms with Gasteiger partial charge < -0.3 is 0 Å². The van der Waals surface area contributed by atoms with Gasteiger partial charge in [-0.2, -0.15) is 5.26 Å². The van der Waals surface area contributed by atoms with Crippen molar-refractivity contribution in [3.8, 4) is 16.5 Å². The third kappa shape index (κ3) is 3.44. The molecule has 0 saturated heterocycles. The molecule has 0 spiro atoms. The third-order valence-electron chi connectivity index (χ3n) is 3.60. The van der Waals surface area contributed by atoms with E-state index >= 15 is 0 Å². The lowest BCUT2D eigenvalue weighted by molar-refractivity contribution is 0.624. The summed E-state index contributed by atoms with van der Waals surface area (Å²) in [5, 5.41) is 9.71. The summed E-state index contributed by atoms with van der Waals surface area (Å²) in [5.74, 6) is -0.487. The van der Waals surface area contributed by atoms with E-state index in [0.29, 0.717) is 0 Å². The Hall–Kier alpha value is -2.15. The fourth-order valence-corrected chi connectivity index (χ4v) is 3.63. The molecule has 0 aliphatic heterocycles. The van der Waals surface area contributed by atoms with E-state index in [1.54, 1.807) is 23.5 Å². The second kappa shape index (κ2) is 6.54. The number of aryl methyl sites for hydroxylation is 1. The highest BCUT2D eigenvalue weighted by molar-refractivity contribution is 7.15. The van der Waals surface area contributed by atoms with Crippen molar-refractivity contribution in [2.75, 3.05) is 0 Å². The predicted molar refractivity (Wildman–Crippen MR) is 93.4 cm³/mol. The molecule has 0 radical (unpaired) electrons. The molecule has 1 heterocycles. The molecular weight excluding hydrogens is 329 g/mol. The van der Waals surface area contributed by atoms with Crippen LogP contribution >= 0.6 is 22.9 Å². The molecule has 0 aliphatic rings. The zero-order valence-electron chi connectivity index (χ0n) is 12.4. The molecular formula is C19H13ClFNS. The van der Waals surface area contributed by atoms with Gasteiger partial charge in [0.2, 0.25) is 0 Å². The quantitative estimate of drug-likeness (QED) is 0.575. The first-order chi connectivity index (χ1) is 11.1. The molecule has 23 heavy (non-hydrogen) atoms. The summed E-state index contributed by atoms with van der Waals surface area (Å²) in [6, 6.07) is 16.6. The molecule has 0 amide bonds. The summed E-state index contributed by atoms with van der Waals surface area (Å²) in [6.07, 6.45) is 0.761. The van der Waals surface area contributed by atoms with Gasteiger partial charge in [-0.05, 0) is 48.4 Å². The van der Waals surface area contributed by atoms with E-state index in [4.69, 9.17) is 16.9 Å². The Morgan fingerprint density at radius 1 is 1.13 bits per heavy atom. The Labute approximate surface area is 143 Å². The largest absolute Gasteiger partial charge is 0.206 e. The van der Waals surface area contributed by atoms with Crippen molar-refractivity contribution >= 4 is 22.9 Å². The van der Waals surface area contributed by atoms with Crippen molar-refractivity contribution in [1.82, 2.24) is 0 Å².